The molecule has 0 aromatic carbocycles. The van der Waals surface area contributed by atoms with Crippen LogP contribution in [0.15, 0.2) is 0 Å². The van der Waals surface area contributed by atoms with E-state index in [0.717, 1.165) is 0 Å². The first-order valence-corrected chi connectivity index (χ1v) is 6.74. The van der Waals surface area contributed by atoms with Gasteiger partial charge in [0.25, 0.3) is 0 Å². The van der Waals surface area contributed by atoms with Gasteiger partial charge in [0, 0.05) is 6.04 Å². The van der Waals surface area contributed by atoms with Gasteiger partial charge in [-0.1, -0.05) is 27.7 Å². The largest absolute Gasteiger partial charge is 0.340 e. The van der Waals surface area contributed by atoms with Crippen molar-refractivity contribution in [2.24, 2.45) is 11.8 Å². The molecule has 18 heavy (non-hydrogen) atoms. The summed E-state index contributed by atoms with van der Waals surface area (Å²) in [5.74, 6) is 0.423. The summed E-state index contributed by atoms with van der Waals surface area (Å²) in [6, 6.07) is -0.293. The highest BCUT2D eigenvalue weighted by molar-refractivity contribution is 5.99. The lowest BCUT2D eigenvalue weighted by Crippen LogP contribution is -2.71. The second-order valence-corrected chi connectivity index (χ2v) is 6.50. The molecule has 2 atom stereocenters. The van der Waals surface area contributed by atoms with E-state index < -0.39 is 5.54 Å². The molecule has 0 bridgehead atoms. The van der Waals surface area contributed by atoms with E-state index in [9.17, 15) is 9.59 Å². The quantitative estimate of drug-likeness (QED) is 0.835. The summed E-state index contributed by atoms with van der Waals surface area (Å²) < 4.78 is 0. The number of nitrogens with zero attached hydrogens (tertiary/aromatic N) is 1. The number of hydrogen-bond donors (Lipinski definition) is 1. The first kappa shape index (κ1) is 15.0. The Labute approximate surface area is 110 Å². The molecule has 0 spiro atoms. The summed E-state index contributed by atoms with van der Waals surface area (Å²) in [4.78, 5) is 26.6. The molecule has 1 aliphatic heterocycles. The van der Waals surface area contributed by atoms with Crippen molar-refractivity contribution in [2.75, 3.05) is 0 Å². The fraction of sp³-hybridized carbons (Fsp3) is 0.857. The molecular formula is C14H26N2O2. The van der Waals surface area contributed by atoms with Crippen LogP contribution in [0.3, 0.4) is 0 Å². The van der Waals surface area contributed by atoms with Crippen LogP contribution in [0.4, 0.5) is 0 Å². The first-order chi connectivity index (χ1) is 8.09. The molecule has 0 radical (unpaired) electrons. The molecule has 0 aromatic heterocycles. The number of rotatable bonds is 3. The summed E-state index contributed by atoms with van der Waals surface area (Å²) >= 11 is 0. The Hall–Kier alpha value is -1.06. The zero-order valence-electron chi connectivity index (χ0n) is 12.6. The van der Waals surface area contributed by atoms with Gasteiger partial charge in [-0.05, 0) is 32.6 Å². The van der Waals surface area contributed by atoms with Gasteiger partial charge in [-0.3, -0.25) is 9.59 Å². The fourth-order valence-corrected chi connectivity index (χ4v) is 2.39. The highest BCUT2D eigenvalue weighted by Gasteiger charge is 2.48. The van der Waals surface area contributed by atoms with Crippen LogP contribution in [0.2, 0.25) is 0 Å². The molecule has 1 saturated heterocycles. The molecule has 0 saturated carbocycles. The first-order valence-electron chi connectivity index (χ1n) is 6.74. The second kappa shape index (κ2) is 4.90. The lowest BCUT2D eigenvalue weighted by atomic mass is 9.88. The second-order valence-electron chi connectivity index (χ2n) is 6.50. The Morgan fingerprint density at radius 2 is 1.61 bits per heavy atom. The van der Waals surface area contributed by atoms with Crippen molar-refractivity contribution in [3.05, 3.63) is 0 Å². The molecule has 1 fully saturated rings. The molecule has 4 nitrogen and oxygen atoms in total. The van der Waals surface area contributed by atoms with Crippen LogP contribution in [0.25, 0.3) is 0 Å². The number of carbonyl (C=O) groups excluding carboxylic acids is 2. The lowest BCUT2D eigenvalue weighted by molar-refractivity contribution is -0.159. The van der Waals surface area contributed by atoms with Gasteiger partial charge in [0.2, 0.25) is 11.8 Å². The average molecular weight is 254 g/mol. The van der Waals surface area contributed by atoms with Crippen molar-refractivity contribution in [2.45, 2.75) is 66.1 Å². The third-order valence-corrected chi connectivity index (χ3v) is 3.81. The van der Waals surface area contributed by atoms with E-state index in [2.05, 4.69) is 19.2 Å². The van der Waals surface area contributed by atoms with Gasteiger partial charge >= 0.3 is 0 Å². The van der Waals surface area contributed by atoms with E-state index >= 15 is 0 Å². The van der Waals surface area contributed by atoms with Crippen LogP contribution in [0.1, 0.15) is 48.5 Å². The van der Waals surface area contributed by atoms with Gasteiger partial charge in [-0.15, -0.1) is 0 Å². The molecule has 104 valence electrons. The fourth-order valence-electron chi connectivity index (χ4n) is 2.39. The molecular weight excluding hydrogens is 228 g/mol. The standard InChI is InChI=1S/C14H26N2O2/c1-8(2)10(5)16-11(9(3)4)12(17)15-14(6,7)13(16)18/h8-11H,1-7H3,(H,15,17). The Morgan fingerprint density at radius 3 is 2.00 bits per heavy atom. The summed E-state index contributed by atoms with van der Waals surface area (Å²) in [5, 5.41) is 2.83. The lowest BCUT2D eigenvalue weighted by Gasteiger charge is -2.48. The van der Waals surface area contributed by atoms with E-state index in [-0.39, 0.29) is 29.8 Å². The minimum atomic E-state index is -0.800. The average Bonchev–Trinajstić information content (AvgIpc) is 2.20. The maximum Gasteiger partial charge on any atom is 0.248 e. The highest BCUT2D eigenvalue weighted by Crippen LogP contribution is 2.27. The monoisotopic (exact) mass is 254 g/mol. The minimum Gasteiger partial charge on any atom is -0.340 e. The van der Waals surface area contributed by atoms with Gasteiger partial charge in [0.15, 0.2) is 0 Å². The summed E-state index contributed by atoms with van der Waals surface area (Å²) in [7, 11) is 0. The van der Waals surface area contributed by atoms with Crippen molar-refractivity contribution < 1.29 is 9.59 Å². The van der Waals surface area contributed by atoms with Crippen LogP contribution in [0, 0.1) is 11.8 Å². The van der Waals surface area contributed by atoms with Crippen molar-refractivity contribution in [1.29, 1.82) is 0 Å². The van der Waals surface area contributed by atoms with Crippen LogP contribution in [-0.2, 0) is 9.59 Å². The molecule has 1 heterocycles. The Morgan fingerprint density at radius 1 is 1.11 bits per heavy atom. The van der Waals surface area contributed by atoms with Gasteiger partial charge in [-0.25, -0.2) is 0 Å². The minimum absolute atomic E-state index is 0.0157. The molecule has 1 N–H and O–H groups in total. The SMILES string of the molecule is CC(C)C(C)N1C(=O)C(C)(C)NC(=O)C1C(C)C. The van der Waals surface area contributed by atoms with Crippen LogP contribution in [0.5, 0.6) is 0 Å². The van der Waals surface area contributed by atoms with E-state index in [0.29, 0.717) is 5.92 Å². The van der Waals surface area contributed by atoms with E-state index in [4.69, 9.17) is 0 Å². The predicted octanol–water partition coefficient (Wildman–Crippen LogP) is 1.79. The van der Waals surface area contributed by atoms with Crippen molar-refractivity contribution >= 4 is 11.8 Å². The predicted molar refractivity (Wildman–Crippen MR) is 72.0 cm³/mol. The zero-order chi connectivity index (χ0) is 14.2. The van der Waals surface area contributed by atoms with E-state index in [1.54, 1.807) is 18.7 Å². The van der Waals surface area contributed by atoms with Crippen molar-refractivity contribution in [3.8, 4) is 0 Å². The Bertz CT molecular complexity index is 348. The number of piperazine rings is 1. The number of hydrogen-bond acceptors (Lipinski definition) is 2. The third-order valence-electron chi connectivity index (χ3n) is 3.81. The van der Waals surface area contributed by atoms with Gasteiger partial charge in [0.1, 0.15) is 11.6 Å². The molecule has 0 aromatic rings. The summed E-state index contributed by atoms with van der Waals surface area (Å²) in [5.41, 5.74) is -0.800. The molecule has 2 unspecified atom stereocenters. The normalized spacial score (nSPS) is 25.6. The smallest absolute Gasteiger partial charge is 0.248 e. The van der Waals surface area contributed by atoms with Crippen LogP contribution < -0.4 is 5.32 Å². The Kier molecular flexibility index (Phi) is 4.08. The summed E-state index contributed by atoms with van der Waals surface area (Å²) in [6.07, 6.45) is 0. The molecule has 0 aliphatic carbocycles. The molecule has 2 amide bonds. The molecule has 1 aliphatic rings. The zero-order valence-corrected chi connectivity index (χ0v) is 12.6. The number of nitrogens with one attached hydrogen (secondary N) is 1. The topological polar surface area (TPSA) is 49.4 Å². The highest BCUT2D eigenvalue weighted by atomic mass is 16.2. The van der Waals surface area contributed by atoms with Crippen LogP contribution in [-0.4, -0.2) is 34.3 Å². The number of amides is 2. The molecule has 1 rings (SSSR count). The summed E-state index contributed by atoms with van der Waals surface area (Å²) in [6.45, 7) is 13.7. The van der Waals surface area contributed by atoms with Crippen LogP contribution >= 0.6 is 0 Å². The third kappa shape index (κ3) is 2.52. The van der Waals surface area contributed by atoms with Crippen molar-refractivity contribution in [1.82, 2.24) is 10.2 Å². The maximum atomic E-state index is 12.6. The molecule has 4 heteroatoms. The van der Waals surface area contributed by atoms with Gasteiger partial charge in [0.05, 0.1) is 0 Å². The van der Waals surface area contributed by atoms with Crippen molar-refractivity contribution in [3.63, 3.8) is 0 Å². The van der Waals surface area contributed by atoms with E-state index in [1.165, 1.54) is 0 Å². The maximum absolute atomic E-state index is 12.6. The number of carbonyl (C=O) groups is 2. The van der Waals surface area contributed by atoms with Gasteiger partial charge < -0.3 is 10.2 Å². The Balaban J connectivity index is 3.18. The van der Waals surface area contributed by atoms with E-state index in [1.807, 2.05) is 20.8 Å². The van der Waals surface area contributed by atoms with Gasteiger partial charge in [-0.2, -0.15) is 0 Å².